The van der Waals surface area contributed by atoms with E-state index in [0.29, 0.717) is 25.7 Å². The number of alkyl halides is 4. The normalized spacial score (nSPS) is 18.5. The van der Waals surface area contributed by atoms with Gasteiger partial charge in [-0.2, -0.15) is 8.78 Å². The molecule has 0 atom stereocenters. The van der Waals surface area contributed by atoms with Crippen LogP contribution in [0.5, 0.6) is 0 Å². The molecule has 1 fully saturated rings. The van der Waals surface area contributed by atoms with E-state index in [4.69, 9.17) is 10.2 Å². The smallest absolute Gasteiger partial charge is 0.332 e. The summed E-state index contributed by atoms with van der Waals surface area (Å²) in [6.45, 7) is 0. The maximum Gasteiger partial charge on any atom is 0.332 e. The van der Waals surface area contributed by atoms with Gasteiger partial charge in [-0.15, -0.1) is 0 Å². The fourth-order valence-corrected chi connectivity index (χ4v) is 2.54. The number of hydrogen-bond acceptors (Lipinski definition) is 2. The molecule has 0 aromatic carbocycles. The van der Waals surface area contributed by atoms with Crippen LogP contribution in [0.3, 0.4) is 0 Å². The molecule has 0 radical (unpaired) electrons. The van der Waals surface area contributed by atoms with Crippen molar-refractivity contribution in [2.45, 2.75) is 50.9 Å². The van der Waals surface area contributed by atoms with Gasteiger partial charge in [0.2, 0.25) is 0 Å². The molecule has 1 saturated carbocycles. The summed E-state index contributed by atoms with van der Waals surface area (Å²) in [7, 11) is 0. The summed E-state index contributed by atoms with van der Waals surface area (Å²) in [6, 6.07) is 0. The van der Waals surface area contributed by atoms with Crippen LogP contribution in [0, 0.1) is 5.92 Å². The van der Waals surface area contributed by atoms with E-state index < -0.39 is 47.8 Å². The zero-order valence-electron chi connectivity index (χ0n) is 11.1. The average Bonchev–Trinajstić information content (AvgIpc) is 2.38. The lowest BCUT2D eigenvalue weighted by atomic mass is 9.80. The van der Waals surface area contributed by atoms with Crippen LogP contribution in [-0.4, -0.2) is 34.5 Å². The number of aliphatic carboxylic acids is 2. The Labute approximate surface area is 118 Å². The number of carboxylic acids is 2. The lowest BCUT2D eigenvalue weighted by Crippen LogP contribution is -2.31. The fourth-order valence-electron chi connectivity index (χ4n) is 2.54. The third kappa shape index (κ3) is 4.44. The Bertz CT molecular complexity index is 439. The van der Waals surface area contributed by atoms with Crippen LogP contribution in [0.25, 0.3) is 0 Å². The molecule has 21 heavy (non-hydrogen) atoms. The average molecular weight is 312 g/mol. The summed E-state index contributed by atoms with van der Waals surface area (Å²) in [5, 5.41) is 18.1. The number of halogens is 4. The van der Waals surface area contributed by atoms with Crippen LogP contribution in [0.2, 0.25) is 0 Å². The highest BCUT2D eigenvalue weighted by Gasteiger charge is 2.44. The van der Waals surface area contributed by atoms with Gasteiger partial charge in [0.1, 0.15) is 0 Å². The summed E-state index contributed by atoms with van der Waals surface area (Å²) < 4.78 is 50.7. The van der Waals surface area contributed by atoms with Crippen LogP contribution in [0.4, 0.5) is 17.6 Å². The van der Waals surface area contributed by atoms with Crippen LogP contribution in [-0.2, 0) is 9.59 Å². The van der Waals surface area contributed by atoms with E-state index >= 15 is 0 Å². The highest BCUT2D eigenvalue weighted by molar-refractivity contribution is 5.99. The number of carboxylic acid groups (broad SMARTS) is 2. The maximum atomic E-state index is 13.1. The molecule has 0 bridgehead atoms. The van der Waals surface area contributed by atoms with Gasteiger partial charge in [-0.25, -0.2) is 18.4 Å². The molecule has 0 saturated heterocycles. The quantitative estimate of drug-likeness (QED) is 0.583. The van der Waals surface area contributed by atoms with E-state index in [-0.39, 0.29) is 0 Å². The lowest BCUT2D eigenvalue weighted by molar-refractivity contribution is -0.143. The summed E-state index contributed by atoms with van der Waals surface area (Å²) in [5.74, 6) is -8.78. The molecule has 1 aliphatic carbocycles. The highest BCUT2D eigenvalue weighted by Crippen LogP contribution is 2.36. The molecule has 0 aliphatic heterocycles. The molecule has 1 aliphatic rings. The van der Waals surface area contributed by atoms with Crippen molar-refractivity contribution in [1.29, 1.82) is 0 Å². The molecule has 120 valence electrons. The van der Waals surface area contributed by atoms with Gasteiger partial charge in [-0.05, 0) is 18.8 Å². The van der Waals surface area contributed by atoms with E-state index in [2.05, 4.69) is 0 Å². The first-order valence-electron chi connectivity index (χ1n) is 6.52. The van der Waals surface area contributed by atoms with Crippen molar-refractivity contribution < 1.29 is 37.4 Å². The predicted molar refractivity (Wildman–Crippen MR) is 64.4 cm³/mol. The molecule has 0 aromatic rings. The van der Waals surface area contributed by atoms with E-state index in [9.17, 15) is 27.2 Å². The topological polar surface area (TPSA) is 74.6 Å². The predicted octanol–water partition coefficient (Wildman–Crippen LogP) is 3.32. The Morgan fingerprint density at radius 3 is 1.95 bits per heavy atom. The number of hydrogen-bond donors (Lipinski definition) is 2. The highest BCUT2D eigenvalue weighted by atomic mass is 19.3. The molecule has 0 spiro atoms. The van der Waals surface area contributed by atoms with E-state index in [1.807, 2.05) is 0 Å². The molecule has 1 rings (SSSR count). The Kier molecular flexibility index (Phi) is 5.74. The van der Waals surface area contributed by atoms with Crippen molar-refractivity contribution in [3.63, 3.8) is 0 Å². The fraction of sp³-hybridized carbons (Fsp3) is 0.692. The summed E-state index contributed by atoms with van der Waals surface area (Å²) in [4.78, 5) is 22.3. The molecule has 0 heterocycles. The Morgan fingerprint density at radius 1 is 1.05 bits per heavy atom. The van der Waals surface area contributed by atoms with Gasteiger partial charge >= 0.3 is 24.3 Å². The Hall–Kier alpha value is -1.60. The first kappa shape index (κ1) is 17.5. The summed E-state index contributed by atoms with van der Waals surface area (Å²) in [6.07, 6.45) is -2.96. The van der Waals surface area contributed by atoms with Gasteiger partial charge in [0, 0.05) is 0 Å². The van der Waals surface area contributed by atoms with E-state index in [0.717, 1.165) is 6.42 Å². The van der Waals surface area contributed by atoms with Crippen molar-refractivity contribution in [3.05, 3.63) is 11.1 Å². The molecule has 2 N–H and O–H groups in total. The second-order valence-electron chi connectivity index (χ2n) is 5.08. The molecule has 0 unspecified atom stereocenters. The second kappa shape index (κ2) is 6.91. The van der Waals surface area contributed by atoms with Crippen molar-refractivity contribution in [2.24, 2.45) is 5.92 Å². The zero-order chi connectivity index (χ0) is 16.2. The second-order valence-corrected chi connectivity index (χ2v) is 5.08. The lowest BCUT2D eigenvalue weighted by Gasteiger charge is -2.25. The van der Waals surface area contributed by atoms with Crippen LogP contribution >= 0.6 is 0 Å². The minimum atomic E-state index is -4.57. The molecule has 8 heteroatoms. The standard InChI is InChI=1S/C13H16F4O4/c14-12(15)13(16,17)6-8(10(18)19)9(11(20)21)7-4-2-1-3-5-7/h7,12H,1-6H2,(H,18,19)(H,20,21)/b9-8+. The van der Waals surface area contributed by atoms with Gasteiger partial charge in [-0.3, -0.25) is 0 Å². The molecule has 0 amide bonds. The molecular formula is C13H16F4O4. The number of rotatable bonds is 6. The van der Waals surface area contributed by atoms with Crippen LogP contribution in [0.1, 0.15) is 38.5 Å². The Balaban J connectivity index is 3.21. The van der Waals surface area contributed by atoms with Gasteiger partial charge in [0.05, 0.1) is 17.6 Å². The molecule has 4 nitrogen and oxygen atoms in total. The van der Waals surface area contributed by atoms with Gasteiger partial charge in [0.25, 0.3) is 0 Å². The van der Waals surface area contributed by atoms with Crippen molar-refractivity contribution in [3.8, 4) is 0 Å². The summed E-state index contributed by atoms with van der Waals surface area (Å²) >= 11 is 0. The third-order valence-corrected chi connectivity index (χ3v) is 3.56. The van der Waals surface area contributed by atoms with Crippen LogP contribution < -0.4 is 0 Å². The van der Waals surface area contributed by atoms with E-state index in [1.54, 1.807) is 0 Å². The van der Waals surface area contributed by atoms with Gasteiger partial charge in [-0.1, -0.05) is 19.3 Å². The first-order valence-corrected chi connectivity index (χ1v) is 6.52. The third-order valence-electron chi connectivity index (χ3n) is 3.56. The largest absolute Gasteiger partial charge is 0.478 e. The van der Waals surface area contributed by atoms with E-state index in [1.165, 1.54) is 0 Å². The SMILES string of the molecule is O=C(O)/C(CC(F)(F)C(F)F)=C(/C(=O)O)C1CCCCC1. The minimum Gasteiger partial charge on any atom is -0.478 e. The number of carbonyl (C=O) groups is 2. The Morgan fingerprint density at radius 2 is 1.57 bits per heavy atom. The first-order chi connectivity index (χ1) is 9.66. The monoisotopic (exact) mass is 312 g/mol. The molecule has 0 aromatic heterocycles. The zero-order valence-corrected chi connectivity index (χ0v) is 11.1. The maximum absolute atomic E-state index is 13.1. The summed E-state index contributed by atoms with van der Waals surface area (Å²) in [5.41, 5.74) is -1.79. The van der Waals surface area contributed by atoms with Crippen molar-refractivity contribution in [2.75, 3.05) is 0 Å². The molecular weight excluding hydrogens is 296 g/mol. The van der Waals surface area contributed by atoms with Crippen molar-refractivity contribution in [1.82, 2.24) is 0 Å². The van der Waals surface area contributed by atoms with Gasteiger partial charge in [0.15, 0.2) is 0 Å². The minimum absolute atomic E-state index is 0.360. The van der Waals surface area contributed by atoms with Crippen LogP contribution in [0.15, 0.2) is 11.1 Å². The van der Waals surface area contributed by atoms with Crippen molar-refractivity contribution >= 4 is 11.9 Å². The van der Waals surface area contributed by atoms with Gasteiger partial charge < -0.3 is 10.2 Å².